The number of carbonyl (C=O) groups is 1. The zero-order valence-electron chi connectivity index (χ0n) is 10.7. The molecule has 0 atom stereocenters. The summed E-state index contributed by atoms with van der Waals surface area (Å²) in [5.41, 5.74) is 1.20. The third-order valence-corrected chi connectivity index (χ3v) is 2.53. The summed E-state index contributed by atoms with van der Waals surface area (Å²) in [6.07, 6.45) is 0.844. The van der Waals surface area contributed by atoms with Gasteiger partial charge in [-0.15, -0.1) is 0 Å². The van der Waals surface area contributed by atoms with Crippen LogP contribution in [0.4, 0.5) is 4.79 Å². The maximum atomic E-state index is 11.3. The first-order chi connectivity index (χ1) is 8.17. The minimum atomic E-state index is -0.0593. The van der Waals surface area contributed by atoms with Crippen LogP contribution in [0.25, 0.3) is 0 Å². The van der Waals surface area contributed by atoms with Crippen molar-refractivity contribution in [1.29, 1.82) is 0 Å². The molecule has 4 heteroatoms. The first-order valence-corrected chi connectivity index (χ1v) is 5.82. The molecule has 0 aliphatic rings. The van der Waals surface area contributed by atoms with E-state index in [4.69, 9.17) is 4.74 Å². The molecule has 0 saturated heterocycles. The molecule has 0 saturated carbocycles. The van der Waals surface area contributed by atoms with Gasteiger partial charge in [0.05, 0.1) is 6.61 Å². The number of hydrogen-bond donors (Lipinski definition) is 1. The molecule has 0 aliphatic heterocycles. The standard InChI is InChI=1S/C13H20N2O2/c1-4-17-12-7-5-11(6-8-12)9-10-15(3)13(16)14-2/h5-8H,4,9-10H2,1-3H3,(H,14,16). The summed E-state index contributed by atoms with van der Waals surface area (Å²) in [5.74, 6) is 0.885. The average molecular weight is 236 g/mol. The maximum absolute atomic E-state index is 11.3. The molecule has 0 heterocycles. The van der Waals surface area contributed by atoms with E-state index < -0.39 is 0 Å². The highest BCUT2D eigenvalue weighted by Gasteiger charge is 2.05. The molecule has 0 radical (unpaired) electrons. The highest BCUT2D eigenvalue weighted by atomic mass is 16.5. The molecule has 1 rings (SSSR count). The van der Waals surface area contributed by atoms with Crippen LogP contribution in [0.5, 0.6) is 5.75 Å². The molecule has 1 aromatic rings. The third kappa shape index (κ3) is 4.34. The van der Waals surface area contributed by atoms with Crippen LogP contribution < -0.4 is 10.1 Å². The summed E-state index contributed by atoms with van der Waals surface area (Å²) in [5, 5.41) is 2.59. The van der Waals surface area contributed by atoms with Crippen LogP contribution in [0, 0.1) is 0 Å². The normalized spacial score (nSPS) is 9.82. The van der Waals surface area contributed by atoms with E-state index in [2.05, 4.69) is 5.32 Å². The van der Waals surface area contributed by atoms with Crippen molar-refractivity contribution in [3.05, 3.63) is 29.8 Å². The fraction of sp³-hybridized carbons (Fsp3) is 0.462. The lowest BCUT2D eigenvalue weighted by atomic mass is 10.1. The molecule has 0 aliphatic carbocycles. The largest absolute Gasteiger partial charge is 0.494 e. The monoisotopic (exact) mass is 236 g/mol. The van der Waals surface area contributed by atoms with Crippen molar-refractivity contribution in [3.63, 3.8) is 0 Å². The Balaban J connectivity index is 2.44. The van der Waals surface area contributed by atoms with E-state index in [1.54, 1.807) is 19.0 Å². The summed E-state index contributed by atoms with van der Waals surface area (Å²) < 4.78 is 5.37. The Morgan fingerprint density at radius 1 is 1.35 bits per heavy atom. The van der Waals surface area contributed by atoms with E-state index in [9.17, 15) is 4.79 Å². The molecule has 0 aromatic heterocycles. The molecule has 2 amide bonds. The number of likely N-dealkylation sites (N-methyl/N-ethyl adjacent to an activating group) is 1. The number of ether oxygens (including phenoxy) is 1. The lowest BCUT2D eigenvalue weighted by Gasteiger charge is -2.16. The zero-order chi connectivity index (χ0) is 12.7. The summed E-state index contributed by atoms with van der Waals surface area (Å²) in [4.78, 5) is 12.9. The molecular weight excluding hydrogens is 216 g/mol. The van der Waals surface area contributed by atoms with Crippen LogP contribution in [0.2, 0.25) is 0 Å². The third-order valence-electron chi connectivity index (χ3n) is 2.53. The van der Waals surface area contributed by atoms with Crippen molar-refractivity contribution < 1.29 is 9.53 Å². The predicted octanol–water partition coefficient (Wildman–Crippen LogP) is 1.90. The summed E-state index contributed by atoms with van der Waals surface area (Å²) in [7, 11) is 3.42. The number of nitrogens with one attached hydrogen (secondary N) is 1. The van der Waals surface area contributed by atoms with Gasteiger partial charge >= 0.3 is 6.03 Å². The highest BCUT2D eigenvalue weighted by molar-refractivity contribution is 5.73. The summed E-state index contributed by atoms with van der Waals surface area (Å²) in [6, 6.07) is 7.92. The van der Waals surface area contributed by atoms with Gasteiger partial charge in [0.15, 0.2) is 0 Å². The lowest BCUT2D eigenvalue weighted by molar-refractivity contribution is 0.211. The van der Waals surface area contributed by atoms with Gasteiger partial charge in [-0.2, -0.15) is 0 Å². The van der Waals surface area contributed by atoms with Gasteiger partial charge in [0.2, 0.25) is 0 Å². The fourth-order valence-electron chi connectivity index (χ4n) is 1.51. The number of carbonyl (C=O) groups excluding carboxylic acids is 1. The average Bonchev–Trinajstić information content (AvgIpc) is 2.37. The van der Waals surface area contributed by atoms with E-state index in [1.165, 1.54) is 5.56 Å². The lowest BCUT2D eigenvalue weighted by Crippen LogP contribution is -2.36. The van der Waals surface area contributed by atoms with Gasteiger partial charge < -0.3 is 15.0 Å². The molecule has 1 N–H and O–H groups in total. The number of benzene rings is 1. The van der Waals surface area contributed by atoms with Crippen molar-refractivity contribution in [2.75, 3.05) is 27.2 Å². The summed E-state index contributed by atoms with van der Waals surface area (Å²) >= 11 is 0. The van der Waals surface area contributed by atoms with Gasteiger partial charge in [-0.05, 0) is 31.0 Å². The van der Waals surface area contributed by atoms with E-state index >= 15 is 0 Å². The van der Waals surface area contributed by atoms with Crippen molar-refractivity contribution >= 4 is 6.03 Å². The topological polar surface area (TPSA) is 41.6 Å². The van der Waals surface area contributed by atoms with Crippen molar-refractivity contribution in [2.45, 2.75) is 13.3 Å². The SMILES string of the molecule is CCOc1ccc(CCN(C)C(=O)NC)cc1. The Bertz CT molecular complexity index is 349. The number of amides is 2. The molecule has 0 unspecified atom stereocenters. The smallest absolute Gasteiger partial charge is 0.316 e. The number of urea groups is 1. The van der Waals surface area contributed by atoms with Crippen molar-refractivity contribution in [2.24, 2.45) is 0 Å². The molecule has 0 bridgehead atoms. The van der Waals surface area contributed by atoms with Crippen LogP contribution in [-0.4, -0.2) is 38.2 Å². The van der Waals surface area contributed by atoms with Crippen molar-refractivity contribution in [1.82, 2.24) is 10.2 Å². The van der Waals surface area contributed by atoms with E-state index in [0.717, 1.165) is 12.2 Å². The summed E-state index contributed by atoms with van der Waals surface area (Å²) in [6.45, 7) is 3.35. The van der Waals surface area contributed by atoms with Crippen molar-refractivity contribution in [3.8, 4) is 5.75 Å². The second-order valence-corrected chi connectivity index (χ2v) is 3.80. The Labute approximate surface area is 103 Å². The van der Waals surface area contributed by atoms with Crippen LogP contribution in [-0.2, 0) is 6.42 Å². The van der Waals surface area contributed by atoms with Crippen LogP contribution in [0.15, 0.2) is 24.3 Å². The Kier molecular flexibility index (Phi) is 5.33. The Morgan fingerprint density at radius 3 is 2.53 bits per heavy atom. The van der Waals surface area contributed by atoms with Gasteiger partial charge in [-0.25, -0.2) is 4.79 Å². The zero-order valence-corrected chi connectivity index (χ0v) is 10.7. The van der Waals surface area contributed by atoms with E-state index in [0.29, 0.717) is 13.2 Å². The maximum Gasteiger partial charge on any atom is 0.316 e. The first kappa shape index (κ1) is 13.4. The van der Waals surface area contributed by atoms with E-state index in [-0.39, 0.29) is 6.03 Å². The quantitative estimate of drug-likeness (QED) is 0.848. The molecule has 1 aromatic carbocycles. The Morgan fingerprint density at radius 2 is 2.00 bits per heavy atom. The van der Waals surface area contributed by atoms with Crippen LogP contribution in [0.1, 0.15) is 12.5 Å². The Hall–Kier alpha value is -1.71. The number of hydrogen-bond acceptors (Lipinski definition) is 2. The van der Waals surface area contributed by atoms with Gasteiger partial charge in [0.1, 0.15) is 5.75 Å². The minimum absolute atomic E-state index is 0.0593. The molecular formula is C13H20N2O2. The first-order valence-electron chi connectivity index (χ1n) is 5.82. The molecule has 4 nitrogen and oxygen atoms in total. The van der Waals surface area contributed by atoms with E-state index in [1.807, 2.05) is 31.2 Å². The molecule has 94 valence electrons. The molecule has 0 fully saturated rings. The van der Waals surface area contributed by atoms with Crippen LogP contribution >= 0.6 is 0 Å². The second kappa shape index (κ2) is 6.78. The number of nitrogens with zero attached hydrogens (tertiary/aromatic N) is 1. The van der Waals surface area contributed by atoms with Gasteiger partial charge in [0.25, 0.3) is 0 Å². The van der Waals surface area contributed by atoms with Gasteiger partial charge in [-0.1, -0.05) is 12.1 Å². The number of rotatable bonds is 5. The highest BCUT2D eigenvalue weighted by Crippen LogP contribution is 2.12. The predicted molar refractivity (Wildman–Crippen MR) is 68.4 cm³/mol. The second-order valence-electron chi connectivity index (χ2n) is 3.80. The molecule has 0 spiro atoms. The minimum Gasteiger partial charge on any atom is -0.494 e. The van der Waals surface area contributed by atoms with Gasteiger partial charge in [-0.3, -0.25) is 0 Å². The van der Waals surface area contributed by atoms with Gasteiger partial charge in [0, 0.05) is 20.6 Å². The fourth-order valence-corrected chi connectivity index (χ4v) is 1.51. The molecule has 17 heavy (non-hydrogen) atoms. The van der Waals surface area contributed by atoms with Crippen LogP contribution in [0.3, 0.4) is 0 Å².